The van der Waals surface area contributed by atoms with Crippen LogP contribution in [0.15, 0.2) is 28.8 Å². The molecule has 1 N–H and O–H groups in total. The standard InChI is InChI=1S/C18H21N3O6/c1-25-14-4-2-12(3-5-14)18-19-15(27-20-18)6-7-16(22)21-8-9-26-11-13(21)10-17(23)24/h2-5,13H,6-11H2,1H3,(H,23,24). The molecule has 2 aromatic rings. The third-order valence-electron chi connectivity index (χ3n) is 4.33. The highest BCUT2D eigenvalue weighted by atomic mass is 16.5. The number of benzene rings is 1. The number of carbonyl (C=O) groups excluding carboxylic acids is 1. The number of carboxylic acids is 1. The number of carboxylic acid groups (broad SMARTS) is 1. The summed E-state index contributed by atoms with van der Waals surface area (Å²) in [7, 11) is 1.59. The molecule has 1 aromatic heterocycles. The van der Waals surface area contributed by atoms with Crippen LogP contribution in [0, 0.1) is 0 Å². The van der Waals surface area contributed by atoms with Crippen molar-refractivity contribution in [2.75, 3.05) is 26.9 Å². The number of morpholine rings is 1. The molecule has 144 valence electrons. The summed E-state index contributed by atoms with van der Waals surface area (Å²) < 4.78 is 15.6. The van der Waals surface area contributed by atoms with E-state index in [2.05, 4.69) is 10.1 Å². The van der Waals surface area contributed by atoms with Crippen LogP contribution in [-0.4, -0.2) is 64.9 Å². The van der Waals surface area contributed by atoms with Crippen LogP contribution in [0.2, 0.25) is 0 Å². The third kappa shape index (κ3) is 4.82. The Labute approximate surface area is 155 Å². The van der Waals surface area contributed by atoms with Crippen molar-refractivity contribution in [2.24, 2.45) is 0 Å². The molecule has 27 heavy (non-hydrogen) atoms. The predicted octanol–water partition coefficient (Wildman–Crippen LogP) is 1.38. The van der Waals surface area contributed by atoms with Crippen molar-refractivity contribution in [3.8, 4) is 17.1 Å². The molecule has 9 nitrogen and oxygen atoms in total. The smallest absolute Gasteiger partial charge is 0.305 e. The zero-order chi connectivity index (χ0) is 19.2. The highest BCUT2D eigenvalue weighted by molar-refractivity contribution is 5.78. The van der Waals surface area contributed by atoms with Gasteiger partial charge in [0.25, 0.3) is 0 Å². The van der Waals surface area contributed by atoms with Crippen LogP contribution in [0.1, 0.15) is 18.7 Å². The summed E-state index contributed by atoms with van der Waals surface area (Å²) in [4.78, 5) is 29.3. The van der Waals surface area contributed by atoms with Gasteiger partial charge in [-0.1, -0.05) is 5.16 Å². The van der Waals surface area contributed by atoms with Crippen LogP contribution in [0.25, 0.3) is 11.4 Å². The molecule has 3 rings (SSSR count). The molecule has 1 fully saturated rings. The molecule has 9 heteroatoms. The second-order valence-corrected chi connectivity index (χ2v) is 6.15. The number of aliphatic carboxylic acids is 1. The number of methoxy groups -OCH3 is 1. The number of carbonyl (C=O) groups is 2. The third-order valence-corrected chi connectivity index (χ3v) is 4.33. The van der Waals surface area contributed by atoms with Crippen molar-refractivity contribution in [2.45, 2.75) is 25.3 Å². The van der Waals surface area contributed by atoms with E-state index < -0.39 is 12.0 Å². The number of aromatic nitrogens is 2. The quantitative estimate of drug-likeness (QED) is 0.772. The lowest BCUT2D eigenvalue weighted by atomic mass is 10.1. The number of hydrogen-bond acceptors (Lipinski definition) is 7. The van der Waals surface area contributed by atoms with E-state index >= 15 is 0 Å². The van der Waals surface area contributed by atoms with E-state index in [4.69, 9.17) is 19.1 Å². The fraction of sp³-hybridized carbons (Fsp3) is 0.444. The molecule has 0 spiro atoms. The molecule has 0 bridgehead atoms. The van der Waals surface area contributed by atoms with Gasteiger partial charge >= 0.3 is 5.97 Å². The van der Waals surface area contributed by atoms with Crippen LogP contribution in [-0.2, 0) is 20.7 Å². The van der Waals surface area contributed by atoms with Gasteiger partial charge in [-0.15, -0.1) is 0 Å². The predicted molar refractivity (Wildman–Crippen MR) is 93.2 cm³/mol. The fourth-order valence-electron chi connectivity index (χ4n) is 2.93. The van der Waals surface area contributed by atoms with Crippen molar-refractivity contribution < 1.29 is 28.7 Å². The monoisotopic (exact) mass is 375 g/mol. The summed E-state index contributed by atoms with van der Waals surface area (Å²) in [5.41, 5.74) is 0.784. The van der Waals surface area contributed by atoms with Gasteiger partial charge < -0.3 is 24.0 Å². The fourth-order valence-corrected chi connectivity index (χ4v) is 2.93. The zero-order valence-corrected chi connectivity index (χ0v) is 15.0. The Bertz CT molecular complexity index is 789. The van der Waals surface area contributed by atoms with Gasteiger partial charge in [0.1, 0.15) is 5.75 Å². The van der Waals surface area contributed by atoms with Gasteiger partial charge in [-0.25, -0.2) is 0 Å². The first-order valence-corrected chi connectivity index (χ1v) is 8.63. The second kappa shape index (κ2) is 8.63. The van der Waals surface area contributed by atoms with E-state index in [0.29, 0.717) is 31.3 Å². The van der Waals surface area contributed by atoms with Gasteiger partial charge in [0.05, 0.1) is 32.8 Å². The summed E-state index contributed by atoms with van der Waals surface area (Å²) in [6.45, 7) is 1.03. The Morgan fingerprint density at radius 3 is 2.81 bits per heavy atom. The molecule has 1 aliphatic heterocycles. The Hall–Kier alpha value is -2.94. The summed E-state index contributed by atoms with van der Waals surface area (Å²) in [5, 5.41) is 12.9. The number of aryl methyl sites for hydroxylation is 1. The lowest BCUT2D eigenvalue weighted by molar-refractivity contribution is -0.146. The van der Waals surface area contributed by atoms with Crippen LogP contribution in [0.5, 0.6) is 5.75 Å². The van der Waals surface area contributed by atoms with Crippen molar-refractivity contribution in [1.29, 1.82) is 0 Å². The molecule has 1 aromatic carbocycles. The Morgan fingerprint density at radius 1 is 1.33 bits per heavy atom. The van der Waals surface area contributed by atoms with Gasteiger partial charge in [0, 0.05) is 24.9 Å². The van der Waals surface area contributed by atoms with Crippen molar-refractivity contribution in [1.82, 2.24) is 15.0 Å². The number of amides is 1. The highest BCUT2D eigenvalue weighted by Crippen LogP contribution is 2.20. The Morgan fingerprint density at radius 2 is 2.11 bits per heavy atom. The minimum atomic E-state index is -0.954. The summed E-state index contributed by atoms with van der Waals surface area (Å²) in [6, 6.07) is 6.80. The molecule has 2 heterocycles. The Kier molecular flexibility index (Phi) is 6.02. The molecule has 1 atom stereocenters. The van der Waals surface area contributed by atoms with Crippen LogP contribution in [0.4, 0.5) is 0 Å². The molecule has 0 aliphatic carbocycles. The van der Waals surface area contributed by atoms with Gasteiger partial charge in [-0.05, 0) is 24.3 Å². The lowest BCUT2D eigenvalue weighted by Gasteiger charge is -2.34. The number of hydrogen-bond donors (Lipinski definition) is 1. The number of ether oxygens (including phenoxy) is 2. The van der Waals surface area contributed by atoms with Gasteiger partial charge in [0.15, 0.2) is 0 Å². The van der Waals surface area contributed by atoms with E-state index in [9.17, 15) is 9.59 Å². The molecular formula is C18H21N3O6. The normalized spacial score (nSPS) is 16.9. The maximum atomic E-state index is 12.5. The molecule has 1 amide bonds. The molecule has 0 radical (unpaired) electrons. The Balaban J connectivity index is 1.58. The second-order valence-electron chi connectivity index (χ2n) is 6.15. The summed E-state index contributed by atoms with van der Waals surface area (Å²) in [5.74, 6) is 0.431. The number of nitrogens with zero attached hydrogens (tertiary/aromatic N) is 3. The van der Waals surface area contributed by atoms with Crippen LogP contribution >= 0.6 is 0 Å². The number of rotatable bonds is 7. The van der Waals surface area contributed by atoms with Crippen LogP contribution < -0.4 is 4.74 Å². The van der Waals surface area contributed by atoms with E-state index in [1.54, 1.807) is 24.1 Å². The minimum absolute atomic E-state index is 0.131. The van der Waals surface area contributed by atoms with Crippen molar-refractivity contribution in [3.63, 3.8) is 0 Å². The van der Waals surface area contributed by atoms with E-state index in [1.807, 2.05) is 12.1 Å². The maximum Gasteiger partial charge on any atom is 0.305 e. The largest absolute Gasteiger partial charge is 0.497 e. The van der Waals surface area contributed by atoms with Gasteiger partial charge in [-0.2, -0.15) is 4.98 Å². The topological polar surface area (TPSA) is 115 Å². The van der Waals surface area contributed by atoms with E-state index in [1.165, 1.54) is 0 Å². The van der Waals surface area contributed by atoms with Crippen molar-refractivity contribution >= 4 is 11.9 Å². The first-order chi connectivity index (χ1) is 13.1. The SMILES string of the molecule is COc1ccc(-c2noc(CCC(=O)N3CCOCC3CC(=O)O)n2)cc1. The lowest BCUT2D eigenvalue weighted by Crippen LogP contribution is -2.49. The summed E-state index contributed by atoms with van der Waals surface area (Å²) in [6.07, 6.45) is 0.327. The maximum absolute atomic E-state index is 12.5. The zero-order valence-electron chi connectivity index (χ0n) is 15.0. The van der Waals surface area contributed by atoms with Gasteiger partial charge in [-0.3, -0.25) is 9.59 Å². The molecule has 1 unspecified atom stereocenters. The molecule has 1 aliphatic rings. The molecule has 0 saturated carbocycles. The average Bonchev–Trinajstić information content (AvgIpc) is 3.15. The first-order valence-electron chi connectivity index (χ1n) is 8.63. The van der Waals surface area contributed by atoms with Crippen LogP contribution in [0.3, 0.4) is 0 Å². The van der Waals surface area contributed by atoms with Crippen molar-refractivity contribution in [3.05, 3.63) is 30.2 Å². The minimum Gasteiger partial charge on any atom is -0.497 e. The van der Waals surface area contributed by atoms with E-state index in [0.717, 1.165) is 11.3 Å². The summed E-state index contributed by atoms with van der Waals surface area (Å²) >= 11 is 0. The molecular weight excluding hydrogens is 354 g/mol. The van der Waals surface area contributed by atoms with E-state index in [-0.39, 0.29) is 25.4 Å². The highest BCUT2D eigenvalue weighted by Gasteiger charge is 2.29. The molecule has 1 saturated heterocycles. The average molecular weight is 375 g/mol. The first kappa shape index (κ1) is 18.8. The van der Waals surface area contributed by atoms with Gasteiger partial charge in [0.2, 0.25) is 17.6 Å².